The third-order valence-electron chi connectivity index (χ3n) is 2.58. The van der Waals surface area contributed by atoms with Crippen molar-refractivity contribution in [3.05, 3.63) is 0 Å². The lowest BCUT2D eigenvalue weighted by atomic mass is 10.1. The average Bonchev–Trinajstić information content (AvgIpc) is 2.27. The lowest BCUT2D eigenvalue weighted by Gasteiger charge is -2.30. The fourth-order valence-corrected chi connectivity index (χ4v) is 1.50. The highest BCUT2D eigenvalue weighted by Gasteiger charge is 2.41. The number of halogens is 3. The van der Waals surface area contributed by atoms with Gasteiger partial charge < -0.3 is 9.47 Å². The molecule has 2 unspecified atom stereocenters. The quantitative estimate of drug-likeness (QED) is 0.672. The van der Waals surface area contributed by atoms with Gasteiger partial charge >= 0.3 is 6.18 Å². The third kappa shape index (κ3) is 6.19. The fourth-order valence-electron chi connectivity index (χ4n) is 1.50. The number of rotatable bonds is 8. The number of ether oxygens (including phenoxy) is 2. The van der Waals surface area contributed by atoms with Gasteiger partial charge in [0.15, 0.2) is 5.92 Å². The van der Waals surface area contributed by atoms with Crippen LogP contribution in [0, 0.1) is 17.2 Å². The molecule has 0 fully saturated rings. The van der Waals surface area contributed by atoms with Crippen LogP contribution in [0.4, 0.5) is 13.2 Å². The zero-order valence-electron chi connectivity index (χ0n) is 10.8. The van der Waals surface area contributed by atoms with Gasteiger partial charge in [0, 0.05) is 33.4 Å². The SMILES string of the molecule is COCCN(CC(C#N)C(F)(F)F)C(C)COC. The molecule has 0 aromatic rings. The maximum absolute atomic E-state index is 12.5. The summed E-state index contributed by atoms with van der Waals surface area (Å²) in [6, 6.07) is 1.09. The summed E-state index contributed by atoms with van der Waals surface area (Å²) >= 11 is 0. The molecular formula is C11H19F3N2O2. The molecule has 0 N–H and O–H groups in total. The van der Waals surface area contributed by atoms with Crippen molar-refractivity contribution in [2.75, 3.05) is 40.5 Å². The molecule has 7 heteroatoms. The summed E-state index contributed by atoms with van der Waals surface area (Å²) in [6.07, 6.45) is -4.51. The Labute approximate surface area is 105 Å². The zero-order chi connectivity index (χ0) is 14.2. The summed E-state index contributed by atoms with van der Waals surface area (Å²) in [4.78, 5) is 1.55. The minimum absolute atomic E-state index is 0.205. The van der Waals surface area contributed by atoms with E-state index in [1.54, 1.807) is 11.8 Å². The molecule has 0 aliphatic heterocycles. The van der Waals surface area contributed by atoms with Gasteiger partial charge in [0.2, 0.25) is 0 Å². The highest BCUT2D eigenvalue weighted by molar-refractivity contribution is 4.91. The average molecular weight is 268 g/mol. The minimum Gasteiger partial charge on any atom is -0.383 e. The fraction of sp³-hybridized carbons (Fsp3) is 0.909. The van der Waals surface area contributed by atoms with E-state index in [0.29, 0.717) is 19.8 Å². The van der Waals surface area contributed by atoms with Crippen LogP contribution in [0.25, 0.3) is 0 Å². The molecule has 0 saturated carbocycles. The molecule has 0 aliphatic rings. The molecule has 0 aromatic heterocycles. The van der Waals surface area contributed by atoms with Crippen LogP contribution in [0.3, 0.4) is 0 Å². The van der Waals surface area contributed by atoms with Crippen molar-refractivity contribution in [2.45, 2.75) is 19.1 Å². The van der Waals surface area contributed by atoms with Gasteiger partial charge in [0.25, 0.3) is 0 Å². The molecule has 0 spiro atoms. The molecule has 0 aromatic carbocycles. The monoisotopic (exact) mass is 268 g/mol. The summed E-state index contributed by atoms with van der Waals surface area (Å²) in [5.41, 5.74) is 0. The molecule has 106 valence electrons. The summed E-state index contributed by atoms with van der Waals surface area (Å²) in [5.74, 6) is -1.99. The Bertz CT molecular complexity index is 266. The highest BCUT2D eigenvalue weighted by atomic mass is 19.4. The van der Waals surface area contributed by atoms with Crippen LogP contribution < -0.4 is 0 Å². The largest absolute Gasteiger partial charge is 0.405 e. The van der Waals surface area contributed by atoms with Crippen molar-refractivity contribution in [2.24, 2.45) is 5.92 Å². The number of alkyl halides is 3. The van der Waals surface area contributed by atoms with Crippen molar-refractivity contribution < 1.29 is 22.6 Å². The number of hydrogen-bond acceptors (Lipinski definition) is 4. The molecule has 0 saturated heterocycles. The first kappa shape index (κ1) is 17.2. The summed E-state index contributed by atoms with van der Waals surface area (Å²) in [5, 5.41) is 8.59. The van der Waals surface area contributed by atoms with E-state index in [-0.39, 0.29) is 12.6 Å². The van der Waals surface area contributed by atoms with Gasteiger partial charge in [-0.05, 0) is 6.92 Å². The van der Waals surface area contributed by atoms with E-state index in [2.05, 4.69) is 0 Å². The van der Waals surface area contributed by atoms with Gasteiger partial charge in [-0.15, -0.1) is 0 Å². The predicted molar refractivity (Wildman–Crippen MR) is 59.9 cm³/mol. The van der Waals surface area contributed by atoms with Crippen LogP contribution in [0.2, 0.25) is 0 Å². The van der Waals surface area contributed by atoms with Crippen molar-refractivity contribution in [1.29, 1.82) is 5.26 Å². The Hall–Kier alpha value is -0.840. The molecule has 0 radical (unpaired) electrons. The summed E-state index contributed by atoms with van der Waals surface area (Å²) in [7, 11) is 2.96. The van der Waals surface area contributed by atoms with Crippen LogP contribution in [-0.4, -0.2) is 57.6 Å². The topological polar surface area (TPSA) is 45.5 Å². The van der Waals surface area contributed by atoms with Crippen LogP contribution in [-0.2, 0) is 9.47 Å². The Morgan fingerprint density at radius 2 is 1.89 bits per heavy atom. The van der Waals surface area contributed by atoms with Crippen molar-refractivity contribution in [3.63, 3.8) is 0 Å². The van der Waals surface area contributed by atoms with E-state index >= 15 is 0 Å². The molecule has 4 nitrogen and oxygen atoms in total. The molecule has 2 atom stereocenters. The zero-order valence-corrected chi connectivity index (χ0v) is 10.8. The van der Waals surface area contributed by atoms with Crippen LogP contribution in [0.5, 0.6) is 0 Å². The van der Waals surface area contributed by atoms with E-state index in [9.17, 15) is 13.2 Å². The Kier molecular flexibility index (Phi) is 7.91. The second kappa shape index (κ2) is 8.29. The first-order valence-corrected chi connectivity index (χ1v) is 5.55. The van der Waals surface area contributed by atoms with Gasteiger partial charge in [0.05, 0.1) is 19.3 Å². The first-order valence-electron chi connectivity index (χ1n) is 5.55. The molecule has 18 heavy (non-hydrogen) atoms. The number of methoxy groups -OCH3 is 2. The van der Waals surface area contributed by atoms with E-state index < -0.39 is 12.1 Å². The predicted octanol–water partition coefficient (Wildman–Crippen LogP) is 1.67. The van der Waals surface area contributed by atoms with Gasteiger partial charge in [-0.1, -0.05) is 0 Å². The van der Waals surface area contributed by atoms with Crippen molar-refractivity contribution in [1.82, 2.24) is 4.90 Å². The second-order valence-electron chi connectivity index (χ2n) is 4.02. The Morgan fingerprint density at radius 3 is 2.28 bits per heavy atom. The number of nitrogens with zero attached hydrogens (tertiary/aromatic N) is 2. The van der Waals surface area contributed by atoms with Gasteiger partial charge in [0.1, 0.15) is 0 Å². The Balaban J connectivity index is 4.61. The summed E-state index contributed by atoms with van der Waals surface area (Å²) in [6.45, 7) is 2.33. The minimum atomic E-state index is -4.51. The smallest absolute Gasteiger partial charge is 0.383 e. The maximum atomic E-state index is 12.5. The molecule has 0 amide bonds. The lowest BCUT2D eigenvalue weighted by Crippen LogP contribution is -2.44. The summed E-state index contributed by atoms with van der Waals surface area (Å²) < 4.78 is 47.4. The van der Waals surface area contributed by atoms with E-state index in [4.69, 9.17) is 14.7 Å². The molecule has 0 heterocycles. The first-order chi connectivity index (χ1) is 8.36. The maximum Gasteiger partial charge on any atom is 0.405 e. The van der Waals surface area contributed by atoms with E-state index in [1.165, 1.54) is 20.3 Å². The normalized spacial score (nSPS) is 15.4. The highest BCUT2D eigenvalue weighted by Crippen LogP contribution is 2.26. The lowest BCUT2D eigenvalue weighted by molar-refractivity contribution is -0.165. The standard InChI is InChI=1S/C11H19F3N2O2/c1-9(8-18-3)16(4-5-17-2)7-10(6-15)11(12,13)14/h9-10H,4-5,7-8H2,1-3H3. The van der Waals surface area contributed by atoms with E-state index in [0.717, 1.165) is 0 Å². The van der Waals surface area contributed by atoms with Gasteiger partial charge in [-0.2, -0.15) is 18.4 Å². The molecule has 0 rings (SSSR count). The molecular weight excluding hydrogens is 249 g/mol. The van der Waals surface area contributed by atoms with Crippen molar-refractivity contribution >= 4 is 0 Å². The van der Waals surface area contributed by atoms with Gasteiger partial charge in [-0.3, -0.25) is 4.90 Å². The van der Waals surface area contributed by atoms with Crippen LogP contribution in [0.15, 0.2) is 0 Å². The van der Waals surface area contributed by atoms with Crippen LogP contribution >= 0.6 is 0 Å². The Morgan fingerprint density at radius 1 is 1.28 bits per heavy atom. The van der Waals surface area contributed by atoms with Crippen LogP contribution in [0.1, 0.15) is 6.92 Å². The van der Waals surface area contributed by atoms with E-state index in [1.807, 2.05) is 0 Å². The van der Waals surface area contributed by atoms with Crippen molar-refractivity contribution in [3.8, 4) is 6.07 Å². The number of hydrogen-bond donors (Lipinski definition) is 0. The molecule has 0 aliphatic carbocycles. The van der Waals surface area contributed by atoms with Gasteiger partial charge in [-0.25, -0.2) is 0 Å². The number of nitriles is 1. The second-order valence-corrected chi connectivity index (χ2v) is 4.02. The molecule has 0 bridgehead atoms. The third-order valence-corrected chi connectivity index (χ3v) is 2.58.